The van der Waals surface area contributed by atoms with Crippen LogP contribution >= 0.6 is 0 Å². The minimum Gasteiger partial charge on any atom is -0.550 e. The molecule has 1 radical (unpaired) electrons. The molecule has 6 aromatic rings. The molecule has 9 heteroatoms. The number of carbonyl (C=O) groups is 2. The van der Waals surface area contributed by atoms with E-state index in [0.29, 0.717) is 11.1 Å². The molecular formula is C48H48CoN2O6. The molecule has 0 spiro atoms. The van der Waals surface area contributed by atoms with Crippen LogP contribution < -0.4 is 10.2 Å². The van der Waals surface area contributed by atoms with Gasteiger partial charge in [0.05, 0.1) is 11.4 Å². The van der Waals surface area contributed by atoms with E-state index in [4.69, 9.17) is 29.8 Å². The first-order valence-corrected chi connectivity index (χ1v) is 18.2. The maximum Gasteiger partial charge on any atom is 2.00 e. The number of nitrogens with zero attached hydrogens (tertiary/aromatic N) is 2. The van der Waals surface area contributed by atoms with Crippen molar-refractivity contribution >= 4 is 46.5 Å². The average Bonchev–Trinajstić information content (AvgIpc) is 3.13. The smallest absolute Gasteiger partial charge is 0.550 e. The Labute approximate surface area is 345 Å². The van der Waals surface area contributed by atoms with Crippen LogP contribution in [-0.4, -0.2) is 34.6 Å². The second-order valence-electron chi connectivity index (χ2n) is 15.3. The summed E-state index contributed by atoms with van der Waals surface area (Å²) in [7, 11) is 0. The number of aliphatic carboxylic acids is 2. The topological polar surface area (TPSA) is 145 Å². The van der Waals surface area contributed by atoms with Crippen molar-refractivity contribution < 1.29 is 46.8 Å². The summed E-state index contributed by atoms with van der Waals surface area (Å²) in [6.07, 6.45) is 3.49. The van der Waals surface area contributed by atoms with Gasteiger partial charge in [0, 0.05) is 52.0 Å². The van der Waals surface area contributed by atoms with Crippen molar-refractivity contribution in [2.75, 3.05) is 0 Å². The summed E-state index contributed by atoms with van der Waals surface area (Å²) in [4.78, 5) is 27.7. The zero-order valence-electron chi connectivity index (χ0n) is 33.5. The maximum atomic E-state index is 11.4. The molecule has 57 heavy (non-hydrogen) atoms. The Kier molecular flexibility index (Phi) is 15.7. The maximum absolute atomic E-state index is 11.4. The molecule has 0 unspecified atom stereocenters. The number of hydrogen-bond donors (Lipinski definition) is 2. The van der Waals surface area contributed by atoms with E-state index in [1.54, 1.807) is 12.4 Å². The molecule has 2 N–H and O–H groups in total. The van der Waals surface area contributed by atoms with E-state index in [9.17, 15) is 10.2 Å². The number of phenols is 2. The summed E-state index contributed by atoms with van der Waals surface area (Å²) in [5.74, 6) is -1.71. The van der Waals surface area contributed by atoms with Crippen LogP contribution in [0, 0.1) is 0 Å². The SMILES string of the molecule is CC(=O)[O-].CC(=O)[O-].CC(C)(C)c1cc(-c2ccccc2)cc(C=Nc2cccc3cccc(N=Cc4cc(-c5ccccc5)cc(C(C)(C)C)c4O)c23)c1O.[Co+2]. The number of benzene rings is 6. The molecule has 8 nitrogen and oxygen atoms in total. The van der Waals surface area contributed by atoms with Gasteiger partial charge in [-0.25, -0.2) is 0 Å². The number of carboxylic acids is 2. The van der Waals surface area contributed by atoms with Crippen LogP contribution in [0.1, 0.15) is 77.6 Å². The third kappa shape index (κ3) is 12.5. The van der Waals surface area contributed by atoms with Crippen LogP contribution in [0.2, 0.25) is 0 Å². The molecular weight excluding hydrogens is 759 g/mol. The molecule has 0 aromatic heterocycles. The average molecular weight is 808 g/mol. The minimum atomic E-state index is -1.08. The number of rotatable bonds is 6. The predicted molar refractivity (Wildman–Crippen MR) is 224 cm³/mol. The van der Waals surface area contributed by atoms with Gasteiger partial charge in [-0.05, 0) is 88.7 Å². The molecule has 0 fully saturated rings. The number of carboxylic acid groups (broad SMARTS) is 2. The largest absolute Gasteiger partial charge is 2.00 e. The van der Waals surface area contributed by atoms with Gasteiger partial charge in [-0.1, -0.05) is 126 Å². The van der Waals surface area contributed by atoms with E-state index < -0.39 is 11.9 Å². The summed E-state index contributed by atoms with van der Waals surface area (Å²) in [6, 6.07) is 40.5. The van der Waals surface area contributed by atoms with Crippen molar-refractivity contribution in [1.29, 1.82) is 0 Å². The van der Waals surface area contributed by atoms with Crippen molar-refractivity contribution in [3.05, 3.63) is 144 Å². The molecule has 0 aliphatic heterocycles. The van der Waals surface area contributed by atoms with Crippen LogP contribution in [-0.2, 0) is 37.2 Å². The van der Waals surface area contributed by atoms with Gasteiger partial charge >= 0.3 is 16.8 Å². The standard InChI is InChI=1S/C44H42N2O2.2C2H4O2.Co/c1-43(2,3)36-25-32(29-15-9-7-10-16-29)23-34(41(36)47)27-45-38-21-13-19-31-20-14-22-39(40(31)38)46-28-35-24-33(30-17-11-8-12-18-30)26-37(42(35)48)44(4,5)6;2*1-2(3)4;/h7-28,47-48H,1-6H3;2*1H3,(H,3,4);/q;;;+2/p-2. The van der Waals surface area contributed by atoms with Crippen molar-refractivity contribution in [2.45, 2.75) is 66.2 Å². The molecule has 0 aliphatic carbocycles. The number of aliphatic imine (C=N–C) groups is 2. The van der Waals surface area contributed by atoms with E-state index in [-0.39, 0.29) is 39.1 Å². The third-order valence-corrected chi connectivity index (χ3v) is 8.66. The second kappa shape index (κ2) is 19.7. The van der Waals surface area contributed by atoms with Crippen molar-refractivity contribution in [2.24, 2.45) is 9.98 Å². The molecule has 0 amide bonds. The fraction of sp³-hybridized carbons (Fsp3) is 0.208. The van der Waals surface area contributed by atoms with Crippen LogP contribution in [0.4, 0.5) is 11.4 Å². The van der Waals surface area contributed by atoms with E-state index >= 15 is 0 Å². The van der Waals surface area contributed by atoms with Gasteiger partial charge in [-0.15, -0.1) is 0 Å². The number of fused-ring (bicyclic) bond motifs is 1. The zero-order chi connectivity index (χ0) is 41.2. The summed E-state index contributed by atoms with van der Waals surface area (Å²) in [5.41, 5.74) is 8.16. The summed E-state index contributed by atoms with van der Waals surface area (Å²) in [5, 5.41) is 42.5. The third-order valence-electron chi connectivity index (χ3n) is 8.66. The molecule has 295 valence electrons. The fourth-order valence-electron chi connectivity index (χ4n) is 6.04. The van der Waals surface area contributed by atoms with E-state index in [2.05, 4.69) is 77.9 Å². The number of phenolic OH excluding ortho intramolecular Hbond substituents is 2. The Balaban J connectivity index is 0.000000885. The number of carbonyl (C=O) groups excluding carboxylic acids is 2. The van der Waals surface area contributed by atoms with Gasteiger partial charge in [-0.2, -0.15) is 0 Å². The first kappa shape index (κ1) is 45.4. The molecule has 0 heterocycles. The van der Waals surface area contributed by atoms with Crippen molar-refractivity contribution in [3.8, 4) is 33.8 Å². The van der Waals surface area contributed by atoms with Crippen molar-refractivity contribution in [1.82, 2.24) is 0 Å². The molecule has 0 aliphatic rings. The summed E-state index contributed by atoms with van der Waals surface area (Å²) < 4.78 is 0. The zero-order valence-corrected chi connectivity index (χ0v) is 34.5. The Bertz CT molecular complexity index is 2200. The Hall–Kier alpha value is -6.03. The van der Waals surface area contributed by atoms with Gasteiger partial charge in [0.1, 0.15) is 11.5 Å². The monoisotopic (exact) mass is 807 g/mol. The molecule has 0 saturated carbocycles. The van der Waals surface area contributed by atoms with Gasteiger partial charge in [-0.3, -0.25) is 9.98 Å². The number of hydrogen-bond acceptors (Lipinski definition) is 8. The quantitative estimate of drug-likeness (QED) is 0.161. The van der Waals surface area contributed by atoms with Crippen LogP contribution in [0.3, 0.4) is 0 Å². The summed E-state index contributed by atoms with van der Waals surface area (Å²) in [6.45, 7) is 14.6. The minimum absolute atomic E-state index is 0. The molecule has 6 aromatic carbocycles. The first-order valence-electron chi connectivity index (χ1n) is 18.2. The van der Waals surface area contributed by atoms with Crippen LogP contribution in [0.25, 0.3) is 33.0 Å². The van der Waals surface area contributed by atoms with Crippen LogP contribution in [0.5, 0.6) is 11.5 Å². The molecule has 6 rings (SSSR count). The Morgan fingerprint density at radius 2 is 0.860 bits per heavy atom. The normalized spacial score (nSPS) is 11.3. The predicted octanol–water partition coefficient (Wildman–Crippen LogP) is 9.19. The second-order valence-corrected chi connectivity index (χ2v) is 15.3. The van der Waals surface area contributed by atoms with Crippen molar-refractivity contribution in [3.63, 3.8) is 0 Å². The Morgan fingerprint density at radius 3 is 1.18 bits per heavy atom. The summed E-state index contributed by atoms with van der Waals surface area (Å²) >= 11 is 0. The number of aromatic hydroxyl groups is 2. The van der Waals surface area contributed by atoms with Gasteiger partial charge in [0.15, 0.2) is 0 Å². The van der Waals surface area contributed by atoms with E-state index in [0.717, 1.165) is 69.4 Å². The molecule has 0 bridgehead atoms. The molecule has 0 saturated heterocycles. The fourth-order valence-corrected chi connectivity index (χ4v) is 6.04. The molecule has 0 atom stereocenters. The van der Waals surface area contributed by atoms with Crippen LogP contribution in [0.15, 0.2) is 131 Å². The van der Waals surface area contributed by atoms with Gasteiger partial charge in [0.25, 0.3) is 0 Å². The first-order chi connectivity index (χ1) is 26.4. The Morgan fingerprint density at radius 1 is 0.526 bits per heavy atom. The van der Waals surface area contributed by atoms with Gasteiger partial charge in [0.2, 0.25) is 0 Å². The van der Waals surface area contributed by atoms with Gasteiger partial charge < -0.3 is 30.0 Å². The van der Waals surface area contributed by atoms with E-state index in [1.807, 2.05) is 84.9 Å². The van der Waals surface area contributed by atoms with E-state index in [1.165, 1.54) is 0 Å².